The van der Waals surface area contributed by atoms with Crippen molar-refractivity contribution in [3.63, 3.8) is 0 Å². The first-order valence-electron chi connectivity index (χ1n) is 17.4. The molecule has 0 spiro atoms. The fourth-order valence-electron chi connectivity index (χ4n) is 8.70. The molecular weight excluding hydrogens is 643 g/mol. The number of rotatable bonds is 3. The van der Waals surface area contributed by atoms with E-state index in [1.807, 2.05) is 5.51 Å². The summed E-state index contributed by atoms with van der Waals surface area (Å²) in [6, 6.07) is 43.7. The summed E-state index contributed by atoms with van der Waals surface area (Å²) in [4.78, 5) is 15.3. The predicted molar refractivity (Wildman–Crippen MR) is 213 cm³/mol. The van der Waals surface area contributed by atoms with Crippen LogP contribution in [0.4, 0.5) is 0 Å². The van der Waals surface area contributed by atoms with Crippen LogP contribution in [-0.2, 0) is 0 Å². The van der Waals surface area contributed by atoms with Crippen molar-refractivity contribution >= 4 is 97.9 Å². The van der Waals surface area contributed by atoms with Crippen LogP contribution in [0.2, 0.25) is 0 Å². The molecule has 0 fully saturated rings. The molecule has 0 saturated carbocycles. The van der Waals surface area contributed by atoms with Crippen molar-refractivity contribution in [3.8, 4) is 5.82 Å². The van der Waals surface area contributed by atoms with Gasteiger partial charge in [-0.1, -0.05) is 91.0 Å². The van der Waals surface area contributed by atoms with E-state index in [9.17, 15) is 0 Å². The fraction of sp³-hybridized carbons (Fsp3) is 0.0444. The van der Waals surface area contributed by atoms with E-state index in [4.69, 9.17) is 15.0 Å². The molecule has 0 radical (unpaired) electrons. The summed E-state index contributed by atoms with van der Waals surface area (Å²) in [7, 11) is 0. The molecule has 51 heavy (non-hydrogen) atoms. The van der Waals surface area contributed by atoms with E-state index in [0.717, 1.165) is 51.1 Å². The molecule has 5 aromatic heterocycles. The second-order valence-electron chi connectivity index (χ2n) is 13.6. The number of fused-ring (bicyclic) bond motifs is 12. The Balaban J connectivity index is 1.05. The second kappa shape index (κ2) is 10.1. The second-order valence-corrected chi connectivity index (χ2v) is 14.5. The van der Waals surface area contributed by atoms with Gasteiger partial charge in [0.2, 0.25) is 0 Å². The Kier molecular flexibility index (Phi) is 5.43. The number of thiazole rings is 1. The molecule has 0 aliphatic heterocycles. The summed E-state index contributed by atoms with van der Waals surface area (Å²) >= 11 is 1.74. The van der Waals surface area contributed by atoms with Gasteiger partial charge in [0.1, 0.15) is 5.82 Å². The molecule has 5 nitrogen and oxygen atoms in total. The highest BCUT2D eigenvalue weighted by Crippen LogP contribution is 2.45. The van der Waals surface area contributed by atoms with Crippen LogP contribution in [0.25, 0.3) is 92.4 Å². The van der Waals surface area contributed by atoms with Gasteiger partial charge in [0.25, 0.3) is 0 Å². The van der Waals surface area contributed by atoms with Crippen molar-refractivity contribution in [1.29, 1.82) is 0 Å². The van der Waals surface area contributed by atoms with Crippen molar-refractivity contribution in [2.45, 2.75) is 12.3 Å². The Hall–Kier alpha value is -6.37. The van der Waals surface area contributed by atoms with Crippen LogP contribution in [0, 0.1) is 0 Å². The number of hydrogen-bond donors (Lipinski definition) is 0. The summed E-state index contributed by atoms with van der Waals surface area (Å²) in [5.41, 5.74) is 12.4. The summed E-state index contributed by atoms with van der Waals surface area (Å²) in [5.74, 6) is 1.83. The zero-order valence-corrected chi connectivity index (χ0v) is 28.1. The molecule has 5 heterocycles. The van der Waals surface area contributed by atoms with Crippen molar-refractivity contribution in [2.75, 3.05) is 0 Å². The maximum atomic E-state index is 5.38. The van der Waals surface area contributed by atoms with Crippen LogP contribution in [0.15, 0.2) is 145 Å². The third-order valence-corrected chi connectivity index (χ3v) is 11.8. The Labute approximate surface area is 295 Å². The first-order chi connectivity index (χ1) is 25.3. The summed E-state index contributed by atoms with van der Waals surface area (Å²) in [6.07, 6.45) is 7.77. The SMILES string of the molecule is C1=CC(c2nc(-n3c4ccccc4c4ccccc43)c3ccccc3n2)=CC(c2ccc3c(c2)c2c4scnc4cc4c5ccccc5n3c42)C1. The molecule has 0 amide bonds. The minimum absolute atomic E-state index is 0.190. The highest BCUT2D eigenvalue weighted by Gasteiger charge is 2.23. The Morgan fingerprint density at radius 2 is 1.29 bits per heavy atom. The minimum Gasteiger partial charge on any atom is -0.308 e. The minimum atomic E-state index is 0.190. The van der Waals surface area contributed by atoms with Gasteiger partial charge in [0.05, 0.1) is 48.8 Å². The maximum absolute atomic E-state index is 5.38. The summed E-state index contributed by atoms with van der Waals surface area (Å²) in [5, 5.41) is 8.61. The van der Waals surface area contributed by atoms with Crippen LogP contribution in [0.3, 0.4) is 0 Å². The van der Waals surface area contributed by atoms with E-state index in [2.05, 4.69) is 149 Å². The summed E-state index contributed by atoms with van der Waals surface area (Å²) in [6.45, 7) is 0. The standard InChI is InChI=1S/C45H27N5S/c1-5-16-35-32(15-1)45(50-38-18-7-2-12-29(38)30-13-3-8-19-39(30)50)48-44(47-35)28-11-9-10-26(22-28)27-20-21-40-34(23-27)41-42-33(24-36-43(41)51-25-46-36)31-14-4-6-17-37(31)49(40)42/h1-9,11-26H,10H2. The number of hydrogen-bond acceptors (Lipinski definition) is 4. The smallest absolute Gasteiger partial charge is 0.161 e. The molecule has 0 saturated heterocycles. The van der Waals surface area contributed by atoms with Gasteiger partial charge in [-0.3, -0.25) is 4.57 Å². The van der Waals surface area contributed by atoms with Gasteiger partial charge in [0.15, 0.2) is 5.82 Å². The van der Waals surface area contributed by atoms with E-state index in [1.165, 1.54) is 59.1 Å². The highest BCUT2D eigenvalue weighted by molar-refractivity contribution is 7.18. The molecule has 12 rings (SSSR count). The Morgan fingerprint density at radius 3 is 2.10 bits per heavy atom. The van der Waals surface area contributed by atoms with E-state index < -0.39 is 0 Å². The molecule has 0 bridgehead atoms. The van der Waals surface area contributed by atoms with Crippen molar-refractivity contribution < 1.29 is 0 Å². The quantitative estimate of drug-likeness (QED) is 0.188. The first kappa shape index (κ1) is 27.5. The lowest BCUT2D eigenvalue weighted by atomic mass is 9.88. The first-order valence-corrected chi connectivity index (χ1v) is 18.3. The Bertz CT molecular complexity index is 3250. The zero-order chi connectivity index (χ0) is 33.2. The van der Waals surface area contributed by atoms with Crippen molar-refractivity contribution in [3.05, 3.63) is 156 Å². The van der Waals surface area contributed by atoms with Gasteiger partial charge in [-0.05, 0) is 60.5 Å². The number of para-hydroxylation sites is 4. The molecule has 1 unspecified atom stereocenters. The normalized spacial score (nSPS) is 15.2. The van der Waals surface area contributed by atoms with Gasteiger partial charge in [-0.2, -0.15) is 0 Å². The largest absolute Gasteiger partial charge is 0.308 e. The van der Waals surface area contributed by atoms with Gasteiger partial charge < -0.3 is 4.40 Å². The van der Waals surface area contributed by atoms with Crippen molar-refractivity contribution in [1.82, 2.24) is 23.9 Å². The molecule has 6 aromatic carbocycles. The fourth-order valence-corrected chi connectivity index (χ4v) is 9.53. The average Bonchev–Trinajstić information content (AvgIpc) is 3.96. The number of allylic oxidation sites excluding steroid dienone is 4. The van der Waals surface area contributed by atoms with Crippen LogP contribution in [-0.4, -0.2) is 23.9 Å². The van der Waals surface area contributed by atoms with Gasteiger partial charge in [0, 0.05) is 49.2 Å². The lowest BCUT2D eigenvalue weighted by molar-refractivity contribution is 0.856. The molecule has 11 aromatic rings. The van der Waals surface area contributed by atoms with E-state index in [0.29, 0.717) is 0 Å². The van der Waals surface area contributed by atoms with Crippen molar-refractivity contribution in [2.24, 2.45) is 0 Å². The van der Waals surface area contributed by atoms with Crippen LogP contribution >= 0.6 is 11.3 Å². The maximum Gasteiger partial charge on any atom is 0.161 e. The molecule has 1 aliphatic carbocycles. The predicted octanol–water partition coefficient (Wildman–Crippen LogP) is 11.6. The number of nitrogens with zero attached hydrogens (tertiary/aromatic N) is 5. The van der Waals surface area contributed by atoms with E-state index in [1.54, 1.807) is 11.3 Å². The number of benzene rings is 6. The van der Waals surface area contributed by atoms with E-state index in [-0.39, 0.29) is 5.92 Å². The topological polar surface area (TPSA) is 48.0 Å². The average molecular weight is 670 g/mol. The molecule has 1 aliphatic rings. The monoisotopic (exact) mass is 669 g/mol. The molecule has 0 N–H and O–H groups in total. The number of aromatic nitrogens is 5. The van der Waals surface area contributed by atoms with Crippen LogP contribution in [0.1, 0.15) is 23.7 Å². The molecule has 6 heteroatoms. The lowest BCUT2D eigenvalue weighted by Crippen LogP contribution is -2.06. The molecule has 1 atom stereocenters. The van der Waals surface area contributed by atoms with Gasteiger partial charge in [-0.15, -0.1) is 11.3 Å². The molecular formula is C45H27N5S. The third kappa shape index (κ3) is 3.72. The van der Waals surface area contributed by atoms with Gasteiger partial charge >= 0.3 is 0 Å². The van der Waals surface area contributed by atoms with Crippen LogP contribution < -0.4 is 0 Å². The van der Waals surface area contributed by atoms with Gasteiger partial charge in [-0.25, -0.2) is 15.0 Å². The molecule has 238 valence electrons. The highest BCUT2D eigenvalue weighted by atomic mass is 32.1. The zero-order valence-electron chi connectivity index (χ0n) is 27.3. The Morgan fingerprint density at radius 1 is 0.608 bits per heavy atom. The van der Waals surface area contributed by atoms with Crippen LogP contribution in [0.5, 0.6) is 0 Å². The lowest BCUT2D eigenvalue weighted by Gasteiger charge is -2.18. The third-order valence-electron chi connectivity index (χ3n) is 10.9. The van der Waals surface area contributed by atoms with E-state index >= 15 is 0 Å². The summed E-state index contributed by atoms with van der Waals surface area (Å²) < 4.78 is 6.02.